The van der Waals surface area contributed by atoms with Crippen LogP contribution in [0.4, 0.5) is 4.79 Å². The van der Waals surface area contributed by atoms with Crippen LogP contribution >= 0.6 is 0 Å². The lowest BCUT2D eigenvalue weighted by Crippen LogP contribution is -2.37. The van der Waals surface area contributed by atoms with Crippen LogP contribution < -0.4 is 0 Å². The van der Waals surface area contributed by atoms with Gasteiger partial charge in [0.05, 0.1) is 0 Å². The van der Waals surface area contributed by atoms with Crippen molar-refractivity contribution in [2.75, 3.05) is 26.2 Å². The molecule has 3 rings (SSSR count). The second kappa shape index (κ2) is 7.83. The van der Waals surface area contributed by atoms with E-state index in [9.17, 15) is 9.59 Å². The van der Waals surface area contributed by atoms with Gasteiger partial charge in [-0.25, -0.2) is 4.79 Å². The number of aromatic nitrogens is 1. The van der Waals surface area contributed by atoms with Gasteiger partial charge < -0.3 is 19.1 Å². The number of hydrogen-bond acceptors (Lipinski definition) is 5. The first kappa shape index (κ1) is 17.0. The minimum absolute atomic E-state index is 0.170. The number of carbonyl (C=O) groups is 2. The lowest BCUT2D eigenvalue weighted by Gasteiger charge is -2.21. The van der Waals surface area contributed by atoms with Crippen LogP contribution in [0, 0.1) is 6.92 Å². The monoisotopic (exact) mass is 343 g/mol. The van der Waals surface area contributed by atoms with E-state index in [1.165, 1.54) is 0 Å². The highest BCUT2D eigenvalue weighted by Gasteiger charge is 2.25. The van der Waals surface area contributed by atoms with Crippen LogP contribution in [0.15, 0.2) is 40.9 Å². The molecule has 1 aromatic heterocycles. The number of hydrogen-bond donors (Lipinski definition) is 0. The summed E-state index contributed by atoms with van der Waals surface area (Å²) in [6, 6.07) is 11.2. The molecular weight excluding hydrogens is 322 g/mol. The van der Waals surface area contributed by atoms with Crippen molar-refractivity contribution in [3.05, 3.63) is 53.4 Å². The molecule has 0 aliphatic carbocycles. The normalized spacial score (nSPS) is 14.9. The fourth-order valence-electron chi connectivity index (χ4n) is 2.74. The van der Waals surface area contributed by atoms with Gasteiger partial charge in [-0.1, -0.05) is 35.5 Å². The summed E-state index contributed by atoms with van der Waals surface area (Å²) in [5, 5.41) is 3.77. The first-order chi connectivity index (χ1) is 12.1. The molecule has 1 aliphatic rings. The first-order valence-corrected chi connectivity index (χ1v) is 8.32. The van der Waals surface area contributed by atoms with E-state index in [1.807, 2.05) is 30.3 Å². The van der Waals surface area contributed by atoms with Gasteiger partial charge in [-0.2, -0.15) is 0 Å². The molecule has 1 fully saturated rings. The van der Waals surface area contributed by atoms with Crippen LogP contribution in [0.1, 0.15) is 28.2 Å². The maximum atomic E-state index is 12.4. The molecule has 0 saturated carbocycles. The minimum atomic E-state index is -0.351. The summed E-state index contributed by atoms with van der Waals surface area (Å²) in [5.41, 5.74) is 1.25. The molecule has 7 heteroatoms. The van der Waals surface area contributed by atoms with Crippen LogP contribution in [-0.4, -0.2) is 53.1 Å². The van der Waals surface area contributed by atoms with Crippen molar-refractivity contribution in [2.24, 2.45) is 0 Å². The zero-order valence-corrected chi connectivity index (χ0v) is 14.2. The highest BCUT2D eigenvalue weighted by atomic mass is 16.6. The molecule has 7 nitrogen and oxygen atoms in total. The Bertz CT molecular complexity index is 729. The van der Waals surface area contributed by atoms with Crippen molar-refractivity contribution in [2.45, 2.75) is 20.0 Å². The van der Waals surface area contributed by atoms with Crippen molar-refractivity contribution in [3.8, 4) is 0 Å². The van der Waals surface area contributed by atoms with E-state index in [4.69, 9.17) is 9.26 Å². The molecule has 2 amide bonds. The number of carbonyl (C=O) groups excluding carboxylic acids is 2. The van der Waals surface area contributed by atoms with E-state index in [-0.39, 0.29) is 18.6 Å². The van der Waals surface area contributed by atoms with E-state index in [0.29, 0.717) is 44.1 Å². The number of amides is 2. The quantitative estimate of drug-likeness (QED) is 0.856. The molecular formula is C18H21N3O4. The van der Waals surface area contributed by atoms with E-state index < -0.39 is 0 Å². The number of aryl methyl sites for hydroxylation is 1. The molecule has 0 atom stereocenters. The van der Waals surface area contributed by atoms with E-state index in [2.05, 4.69) is 5.16 Å². The Labute approximate surface area is 146 Å². The molecule has 0 bridgehead atoms. The molecule has 1 aliphatic heterocycles. The topological polar surface area (TPSA) is 75.9 Å². The molecule has 0 N–H and O–H groups in total. The summed E-state index contributed by atoms with van der Waals surface area (Å²) in [6.45, 7) is 4.03. The molecule has 2 heterocycles. The SMILES string of the molecule is Cc1cc(C(=O)N2CCCN(C(=O)OCc3ccccc3)CC2)no1. The van der Waals surface area contributed by atoms with Crippen LogP contribution in [0.5, 0.6) is 0 Å². The van der Waals surface area contributed by atoms with E-state index >= 15 is 0 Å². The molecule has 0 spiro atoms. The van der Waals surface area contributed by atoms with Crippen molar-refractivity contribution >= 4 is 12.0 Å². The third-order valence-electron chi connectivity index (χ3n) is 4.09. The fourth-order valence-corrected chi connectivity index (χ4v) is 2.74. The van der Waals surface area contributed by atoms with Crippen LogP contribution in [0.2, 0.25) is 0 Å². The van der Waals surface area contributed by atoms with Gasteiger partial charge in [-0.05, 0) is 18.9 Å². The Morgan fingerprint density at radius 1 is 1.12 bits per heavy atom. The van der Waals surface area contributed by atoms with Gasteiger partial charge in [0, 0.05) is 32.2 Å². The summed E-state index contributed by atoms with van der Waals surface area (Å²) in [7, 11) is 0. The molecule has 1 aromatic carbocycles. The van der Waals surface area contributed by atoms with Gasteiger partial charge in [-0.15, -0.1) is 0 Å². The average Bonchev–Trinajstić information content (AvgIpc) is 2.92. The van der Waals surface area contributed by atoms with Gasteiger partial charge >= 0.3 is 6.09 Å². The number of nitrogens with zero attached hydrogens (tertiary/aromatic N) is 3. The predicted octanol–water partition coefficient (Wildman–Crippen LogP) is 2.47. The van der Waals surface area contributed by atoms with Gasteiger partial charge in [0.25, 0.3) is 5.91 Å². The summed E-state index contributed by atoms with van der Waals surface area (Å²) < 4.78 is 10.3. The standard InChI is InChI=1S/C18H21N3O4/c1-14-12-16(19-25-14)17(22)20-8-5-9-21(11-10-20)18(23)24-13-15-6-3-2-4-7-15/h2-4,6-7,12H,5,8-11,13H2,1H3. The lowest BCUT2D eigenvalue weighted by atomic mass is 10.2. The number of ether oxygens (including phenoxy) is 1. The Balaban J connectivity index is 1.52. The maximum Gasteiger partial charge on any atom is 0.410 e. The van der Waals surface area contributed by atoms with Gasteiger partial charge in [-0.3, -0.25) is 4.79 Å². The summed E-state index contributed by atoms with van der Waals surface area (Å²) >= 11 is 0. The first-order valence-electron chi connectivity index (χ1n) is 8.32. The third kappa shape index (κ3) is 4.37. The van der Waals surface area contributed by atoms with Crippen LogP contribution in [0.3, 0.4) is 0 Å². The summed E-state index contributed by atoms with van der Waals surface area (Å²) in [4.78, 5) is 28.0. The largest absolute Gasteiger partial charge is 0.445 e. The number of rotatable bonds is 3. The Morgan fingerprint density at radius 2 is 1.84 bits per heavy atom. The highest BCUT2D eigenvalue weighted by molar-refractivity contribution is 5.92. The average molecular weight is 343 g/mol. The lowest BCUT2D eigenvalue weighted by molar-refractivity contribution is 0.0739. The van der Waals surface area contributed by atoms with E-state index in [0.717, 1.165) is 5.56 Å². The predicted molar refractivity (Wildman–Crippen MR) is 90.0 cm³/mol. The highest BCUT2D eigenvalue weighted by Crippen LogP contribution is 2.11. The minimum Gasteiger partial charge on any atom is -0.445 e. The van der Waals surface area contributed by atoms with Crippen molar-refractivity contribution in [3.63, 3.8) is 0 Å². The van der Waals surface area contributed by atoms with Crippen molar-refractivity contribution in [1.82, 2.24) is 15.0 Å². The Hall–Kier alpha value is -2.83. The zero-order valence-electron chi connectivity index (χ0n) is 14.2. The van der Waals surface area contributed by atoms with Crippen LogP contribution in [0.25, 0.3) is 0 Å². The maximum absolute atomic E-state index is 12.4. The molecule has 0 unspecified atom stereocenters. The molecule has 132 valence electrons. The van der Waals surface area contributed by atoms with Gasteiger partial charge in [0.2, 0.25) is 0 Å². The molecule has 0 radical (unpaired) electrons. The Morgan fingerprint density at radius 3 is 2.56 bits per heavy atom. The Kier molecular flexibility index (Phi) is 5.33. The third-order valence-corrected chi connectivity index (χ3v) is 4.09. The van der Waals surface area contributed by atoms with E-state index in [1.54, 1.807) is 22.8 Å². The smallest absolute Gasteiger partial charge is 0.410 e. The van der Waals surface area contributed by atoms with Crippen molar-refractivity contribution < 1.29 is 18.8 Å². The van der Waals surface area contributed by atoms with Crippen LogP contribution in [-0.2, 0) is 11.3 Å². The molecule has 2 aromatic rings. The second-order valence-electron chi connectivity index (χ2n) is 6.00. The summed E-state index contributed by atoms with van der Waals surface area (Å²) in [5.74, 6) is 0.431. The number of benzene rings is 1. The fraction of sp³-hybridized carbons (Fsp3) is 0.389. The second-order valence-corrected chi connectivity index (χ2v) is 6.00. The molecule has 1 saturated heterocycles. The molecule has 25 heavy (non-hydrogen) atoms. The zero-order chi connectivity index (χ0) is 17.6. The van der Waals surface area contributed by atoms with Gasteiger partial charge in [0.15, 0.2) is 5.69 Å². The van der Waals surface area contributed by atoms with Gasteiger partial charge in [0.1, 0.15) is 12.4 Å². The summed E-state index contributed by atoms with van der Waals surface area (Å²) in [6.07, 6.45) is 0.346. The van der Waals surface area contributed by atoms with Crippen molar-refractivity contribution in [1.29, 1.82) is 0 Å².